The Morgan fingerprint density at radius 3 is 2.70 bits per heavy atom. The SMILES string of the molecule is O=c1ccc2[nH]cc[nH]c1=2. The molecule has 0 radical (unpaired) electrons. The first-order chi connectivity index (χ1) is 4.88. The summed E-state index contributed by atoms with van der Waals surface area (Å²) in [6.07, 6.45) is 3.45. The van der Waals surface area contributed by atoms with Gasteiger partial charge in [-0.3, -0.25) is 4.79 Å². The summed E-state index contributed by atoms with van der Waals surface area (Å²) < 4.78 is 0. The summed E-state index contributed by atoms with van der Waals surface area (Å²) in [5.74, 6) is 0. The number of hydrogen-bond acceptors (Lipinski definition) is 1. The Morgan fingerprint density at radius 2 is 1.90 bits per heavy atom. The molecule has 0 fully saturated rings. The third-order valence-electron chi connectivity index (χ3n) is 1.47. The molecule has 0 atom stereocenters. The molecule has 0 amide bonds. The summed E-state index contributed by atoms with van der Waals surface area (Å²) in [7, 11) is 0. The van der Waals surface area contributed by atoms with Crippen LogP contribution in [0.1, 0.15) is 0 Å². The van der Waals surface area contributed by atoms with E-state index in [4.69, 9.17) is 0 Å². The Kier molecular flexibility index (Phi) is 0.917. The lowest BCUT2D eigenvalue weighted by molar-refractivity contribution is 1.12. The molecule has 0 aromatic heterocycles. The lowest BCUT2D eigenvalue weighted by Gasteiger charge is -1.82. The van der Waals surface area contributed by atoms with Crippen LogP contribution in [-0.4, -0.2) is 9.97 Å². The van der Waals surface area contributed by atoms with Crippen LogP contribution in [0.15, 0.2) is 29.3 Å². The predicted molar refractivity (Wildman–Crippen MR) is 36.7 cm³/mol. The van der Waals surface area contributed by atoms with Gasteiger partial charge in [0.05, 0.1) is 5.35 Å². The van der Waals surface area contributed by atoms with Crippen LogP contribution in [-0.2, 0) is 0 Å². The highest BCUT2D eigenvalue weighted by Crippen LogP contribution is 1.85. The molecule has 0 unspecified atom stereocenters. The minimum absolute atomic E-state index is 0.0341. The number of aromatic amines is 2. The van der Waals surface area contributed by atoms with Crippen LogP contribution >= 0.6 is 0 Å². The summed E-state index contributed by atoms with van der Waals surface area (Å²) in [5.41, 5.74) is 0.0341. The first-order valence-electron chi connectivity index (χ1n) is 3.03. The van der Waals surface area contributed by atoms with Gasteiger partial charge in [0.15, 0.2) is 0 Å². The minimum atomic E-state index is 0.0341. The highest BCUT2D eigenvalue weighted by molar-refractivity contribution is 5.04. The zero-order chi connectivity index (χ0) is 6.97. The van der Waals surface area contributed by atoms with Crippen LogP contribution in [0.4, 0.5) is 0 Å². The molecule has 2 aliphatic rings. The standard InChI is InChI=1S/C7H6N2O/c10-6-2-1-5-7(6)9-4-3-8-5/h1-4,8-9H. The molecule has 10 heavy (non-hydrogen) atoms. The van der Waals surface area contributed by atoms with Gasteiger partial charge in [0.2, 0.25) is 5.43 Å². The molecule has 50 valence electrons. The second kappa shape index (κ2) is 1.73. The summed E-state index contributed by atoms with van der Waals surface area (Å²) >= 11 is 0. The molecule has 1 heterocycles. The van der Waals surface area contributed by atoms with Crippen LogP contribution in [0.2, 0.25) is 0 Å². The molecule has 0 saturated heterocycles. The first kappa shape index (κ1) is 5.29. The Labute approximate surface area is 56.4 Å². The molecule has 0 aromatic rings. The molecular formula is C7H6N2O. The summed E-state index contributed by atoms with van der Waals surface area (Å²) in [5, 5.41) is 1.50. The third kappa shape index (κ3) is 0.572. The molecule has 0 bridgehead atoms. The fraction of sp³-hybridized carbons (Fsp3) is 0. The van der Waals surface area contributed by atoms with E-state index in [0.29, 0.717) is 5.35 Å². The van der Waals surface area contributed by atoms with Crippen molar-refractivity contribution < 1.29 is 0 Å². The lowest BCUT2D eigenvalue weighted by Crippen LogP contribution is -1.96. The molecular weight excluding hydrogens is 128 g/mol. The first-order valence-corrected chi connectivity index (χ1v) is 3.03. The number of aromatic nitrogens is 2. The molecule has 0 spiro atoms. The Balaban J connectivity index is 3.21. The quantitative estimate of drug-likeness (QED) is 0.539. The fourth-order valence-corrected chi connectivity index (χ4v) is 0.984. The van der Waals surface area contributed by atoms with E-state index < -0.39 is 0 Å². The largest absolute Gasteiger partial charge is 0.359 e. The molecule has 2 rings (SSSR count). The molecule has 3 heteroatoms. The normalized spacial score (nSPS) is 10.4. The van der Waals surface area contributed by atoms with Gasteiger partial charge in [-0.05, 0) is 12.1 Å². The summed E-state index contributed by atoms with van der Waals surface area (Å²) in [4.78, 5) is 16.7. The van der Waals surface area contributed by atoms with E-state index >= 15 is 0 Å². The Bertz CT molecular complexity index is 439. The third-order valence-corrected chi connectivity index (χ3v) is 1.47. The van der Waals surface area contributed by atoms with Gasteiger partial charge in [-0.1, -0.05) is 0 Å². The van der Waals surface area contributed by atoms with Gasteiger partial charge in [-0.2, -0.15) is 0 Å². The number of nitrogens with one attached hydrogen (secondary N) is 2. The highest BCUT2D eigenvalue weighted by Gasteiger charge is 1.90. The van der Waals surface area contributed by atoms with Crippen molar-refractivity contribution in [3.05, 3.63) is 45.4 Å². The fourth-order valence-electron chi connectivity index (χ4n) is 0.984. The van der Waals surface area contributed by atoms with E-state index in [1.54, 1.807) is 18.5 Å². The van der Waals surface area contributed by atoms with Crippen LogP contribution in [0, 0.1) is 10.7 Å². The van der Waals surface area contributed by atoms with Gasteiger partial charge in [-0.15, -0.1) is 0 Å². The zero-order valence-electron chi connectivity index (χ0n) is 5.22. The van der Waals surface area contributed by atoms with Gasteiger partial charge in [0.1, 0.15) is 5.35 Å². The van der Waals surface area contributed by atoms with Crippen LogP contribution in [0.25, 0.3) is 0 Å². The van der Waals surface area contributed by atoms with Gasteiger partial charge in [0, 0.05) is 12.4 Å². The second-order valence-electron chi connectivity index (χ2n) is 2.11. The van der Waals surface area contributed by atoms with Gasteiger partial charge >= 0.3 is 0 Å². The van der Waals surface area contributed by atoms with Gasteiger partial charge in [-0.25, -0.2) is 0 Å². The van der Waals surface area contributed by atoms with E-state index in [2.05, 4.69) is 9.97 Å². The van der Waals surface area contributed by atoms with E-state index in [1.807, 2.05) is 0 Å². The number of rotatable bonds is 0. The average molecular weight is 134 g/mol. The molecule has 0 aromatic carbocycles. The Morgan fingerprint density at radius 1 is 1.10 bits per heavy atom. The van der Waals surface area contributed by atoms with Crippen LogP contribution in [0.5, 0.6) is 0 Å². The van der Waals surface area contributed by atoms with Crippen molar-refractivity contribution in [2.24, 2.45) is 0 Å². The van der Waals surface area contributed by atoms with E-state index in [-0.39, 0.29) is 5.43 Å². The van der Waals surface area contributed by atoms with E-state index in [1.165, 1.54) is 6.07 Å². The molecule has 1 aliphatic carbocycles. The number of hydrogen-bond donors (Lipinski definition) is 2. The second-order valence-corrected chi connectivity index (χ2v) is 2.11. The summed E-state index contributed by atoms with van der Waals surface area (Å²) in [6.45, 7) is 0. The smallest absolute Gasteiger partial charge is 0.204 e. The highest BCUT2D eigenvalue weighted by atomic mass is 16.1. The van der Waals surface area contributed by atoms with Crippen molar-refractivity contribution in [3.63, 3.8) is 0 Å². The monoisotopic (exact) mass is 134 g/mol. The van der Waals surface area contributed by atoms with Crippen LogP contribution < -0.4 is 5.43 Å². The maximum Gasteiger partial charge on any atom is 0.204 e. The van der Waals surface area contributed by atoms with Crippen molar-refractivity contribution in [1.82, 2.24) is 9.97 Å². The minimum Gasteiger partial charge on any atom is -0.359 e. The van der Waals surface area contributed by atoms with Crippen molar-refractivity contribution in [1.29, 1.82) is 0 Å². The van der Waals surface area contributed by atoms with Crippen molar-refractivity contribution in [2.45, 2.75) is 0 Å². The van der Waals surface area contributed by atoms with E-state index in [9.17, 15) is 4.79 Å². The topological polar surface area (TPSA) is 48.6 Å². The average Bonchev–Trinajstić information content (AvgIpc) is 2.34. The van der Waals surface area contributed by atoms with Crippen molar-refractivity contribution in [2.75, 3.05) is 0 Å². The maximum atomic E-state index is 10.9. The van der Waals surface area contributed by atoms with Crippen LogP contribution in [0.3, 0.4) is 0 Å². The zero-order valence-corrected chi connectivity index (χ0v) is 5.22. The summed E-state index contributed by atoms with van der Waals surface area (Å²) in [6, 6.07) is 3.30. The lowest BCUT2D eigenvalue weighted by atomic mass is 10.6. The Hall–Kier alpha value is -1.51. The molecule has 3 nitrogen and oxygen atoms in total. The maximum absolute atomic E-state index is 10.9. The molecule has 0 saturated carbocycles. The van der Waals surface area contributed by atoms with Gasteiger partial charge in [0.25, 0.3) is 0 Å². The van der Waals surface area contributed by atoms with Gasteiger partial charge < -0.3 is 9.97 Å². The van der Waals surface area contributed by atoms with Crippen molar-refractivity contribution in [3.8, 4) is 0 Å². The number of H-pyrrole nitrogens is 2. The molecule has 1 aliphatic heterocycles. The molecule has 2 N–H and O–H groups in total. The predicted octanol–water partition coefficient (Wildman–Crippen LogP) is 0.428. The van der Waals surface area contributed by atoms with Crippen molar-refractivity contribution >= 4 is 0 Å². The van der Waals surface area contributed by atoms with E-state index in [0.717, 1.165) is 5.35 Å².